The van der Waals surface area contributed by atoms with Gasteiger partial charge < -0.3 is 9.64 Å². The summed E-state index contributed by atoms with van der Waals surface area (Å²) in [6, 6.07) is 17.8. The first kappa shape index (κ1) is 19.2. The summed E-state index contributed by atoms with van der Waals surface area (Å²) in [5.41, 5.74) is 4.38. The van der Waals surface area contributed by atoms with Crippen LogP contribution in [-0.4, -0.2) is 40.8 Å². The zero-order valence-electron chi connectivity index (χ0n) is 17.3. The molecule has 1 amide bonds. The van der Waals surface area contributed by atoms with Crippen LogP contribution in [-0.2, 0) is 0 Å². The predicted octanol–water partition coefficient (Wildman–Crippen LogP) is 4.73. The van der Waals surface area contributed by atoms with E-state index >= 15 is 0 Å². The van der Waals surface area contributed by atoms with E-state index in [1.807, 2.05) is 60.4 Å². The highest BCUT2D eigenvalue weighted by atomic mass is 16.5. The smallest absolute Gasteiger partial charge is 0.272 e. The lowest BCUT2D eigenvalue weighted by Gasteiger charge is -2.30. The van der Waals surface area contributed by atoms with E-state index in [9.17, 15) is 4.79 Å². The minimum atomic E-state index is 0.0469. The van der Waals surface area contributed by atoms with Crippen molar-refractivity contribution in [1.29, 1.82) is 0 Å². The number of amides is 1. The van der Waals surface area contributed by atoms with Crippen molar-refractivity contribution in [2.75, 3.05) is 20.2 Å². The van der Waals surface area contributed by atoms with Crippen molar-refractivity contribution in [2.45, 2.75) is 26.7 Å². The summed E-state index contributed by atoms with van der Waals surface area (Å²) in [6.07, 6.45) is 2.10. The largest absolute Gasteiger partial charge is 0.497 e. The molecule has 5 nitrogen and oxygen atoms in total. The van der Waals surface area contributed by atoms with Gasteiger partial charge in [-0.2, -0.15) is 5.10 Å². The Morgan fingerprint density at radius 3 is 2.45 bits per heavy atom. The van der Waals surface area contributed by atoms with Gasteiger partial charge in [-0.15, -0.1) is 0 Å². The van der Waals surface area contributed by atoms with Gasteiger partial charge in [0.15, 0.2) is 0 Å². The van der Waals surface area contributed by atoms with Crippen LogP contribution in [0.5, 0.6) is 5.75 Å². The highest BCUT2D eigenvalue weighted by Gasteiger charge is 2.26. The highest BCUT2D eigenvalue weighted by Crippen LogP contribution is 2.26. The van der Waals surface area contributed by atoms with E-state index in [0.717, 1.165) is 54.2 Å². The van der Waals surface area contributed by atoms with E-state index in [-0.39, 0.29) is 5.91 Å². The second-order valence-electron chi connectivity index (χ2n) is 7.87. The van der Waals surface area contributed by atoms with Gasteiger partial charge >= 0.3 is 0 Å². The van der Waals surface area contributed by atoms with Gasteiger partial charge in [0.05, 0.1) is 18.5 Å². The number of hydrogen-bond acceptors (Lipinski definition) is 3. The Balaban J connectivity index is 1.75. The van der Waals surface area contributed by atoms with Crippen molar-refractivity contribution in [3.05, 3.63) is 65.9 Å². The van der Waals surface area contributed by atoms with Gasteiger partial charge in [0.25, 0.3) is 5.91 Å². The van der Waals surface area contributed by atoms with Crippen molar-refractivity contribution < 1.29 is 9.53 Å². The SMILES string of the molecule is COc1ccc(-c2cc(C(=O)N3CCC(C)CC3)n(-c3cccc(C)c3)n2)cc1. The van der Waals surface area contributed by atoms with Gasteiger partial charge in [-0.3, -0.25) is 4.79 Å². The first-order chi connectivity index (χ1) is 14.0. The summed E-state index contributed by atoms with van der Waals surface area (Å²) >= 11 is 0. The summed E-state index contributed by atoms with van der Waals surface area (Å²) in [5.74, 6) is 1.52. The van der Waals surface area contributed by atoms with Gasteiger partial charge in [-0.25, -0.2) is 4.68 Å². The number of carbonyl (C=O) groups excluding carboxylic acids is 1. The highest BCUT2D eigenvalue weighted by molar-refractivity contribution is 5.94. The topological polar surface area (TPSA) is 47.4 Å². The van der Waals surface area contributed by atoms with Crippen molar-refractivity contribution in [3.8, 4) is 22.7 Å². The zero-order valence-corrected chi connectivity index (χ0v) is 17.3. The number of aryl methyl sites for hydroxylation is 1. The molecule has 0 bridgehead atoms. The number of hydrogen-bond donors (Lipinski definition) is 0. The number of nitrogens with zero attached hydrogens (tertiary/aromatic N) is 3. The molecule has 0 atom stereocenters. The molecule has 2 heterocycles. The zero-order chi connectivity index (χ0) is 20.4. The van der Waals surface area contributed by atoms with E-state index in [2.05, 4.69) is 13.0 Å². The molecule has 3 aromatic rings. The summed E-state index contributed by atoms with van der Waals surface area (Å²) in [5, 5.41) is 4.81. The molecule has 1 aromatic heterocycles. The number of likely N-dealkylation sites (tertiary alicyclic amines) is 1. The summed E-state index contributed by atoms with van der Waals surface area (Å²) < 4.78 is 7.04. The van der Waals surface area contributed by atoms with Crippen molar-refractivity contribution in [2.24, 2.45) is 5.92 Å². The second kappa shape index (κ2) is 8.11. The molecule has 0 unspecified atom stereocenters. The third-order valence-electron chi connectivity index (χ3n) is 5.63. The summed E-state index contributed by atoms with van der Waals surface area (Å²) in [7, 11) is 1.65. The molecular formula is C24H27N3O2. The van der Waals surface area contributed by atoms with E-state index in [1.165, 1.54) is 0 Å². The molecule has 4 rings (SSSR count). The van der Waals surface area contributed by atoms with Crippen molar-refractivity contribution in [3.63, 3.8) is 0 Å². The van der Waals surface area contributed by atoms with Crippen LogP contribution >= 0.6 is 0 Å². The van der Waals surface area contributed by atoms with Crippen LogP contribution in [0.1, 0.15) is 35.8 Å². The predicted molar refractivity (Wildman–Crippen MR) is 115 cm³/mol. The number of rotatable bonds is 4. The standard InChI is InChI=1S/C24H27N3O2/c1-17-11-13-26(14-12-17)24(28)23-16-22(19-7-9-21(29-3)10-8-19)25-27(23)20-6-4-5-18(2)15-20/h4-10,15-17H,11-14H2,1-3H3. The number of aromatic nitrogens is 2. The van der Waals surface area contributed by atoms with Gasteiger partial charge in [0, 0.05) is 18.7 Å². The van der Waals surface area contributed by atoms with Crippen LogP contribution in [0.25, 0.3) is 16.9 Å². The van der Waals surface area contributed by atoms with E-state index in [0.29, 0.717) is 11.6 Å². The first-order valence-electron chi connectivity index (χ1n) is 10.2. The first-order valence-corrected chi connectivity index (χ1v) is 10.2. The quantitative estimate of drug-likeness (QED) is 0.648. The van der Waals surface area contributed by atoms with E-state index < -0.39 is 0 Å². The van der Waals surface area contributed by atoms with Gasteiger partial charge in [-0.1, -0.05) is 19.1 Å². The average molecular weight is 389 g/mol. The number of benzene rings is 2. The minimum Gasteiger partial charge on any atom is -0.497 e. The van der Waals surface area contributed by atoms with Crippen LogP contribution in [0, 0.1) is 12.8 Å². The number of carbonyl (C=O) groups is 1. The van der Waals surface area contributed by atoms with Crippen molar-refractivity contribution in [1.82, 2.24) is 14.7 Å². The summed E-state index contributed by atoms with van der Waals surface area (Å²) in [6.45, 7) is 5.90. The summed E-state index contributed by atoms with van der Waals surface area (Å²) in [4.78, 5) is 15.3. The Morgan fingerprint density at radius 1 is 1.07 bits per heavy atom. The maximum absolute atomic E-state index is 13.4. The van der Waals surface area contributed by atoms with Crippen molar-refractivity contribution >= 4 is 5.91 Å². The van der Waals surface area contributed by atoms with E-state index in [1.54, 1.807) is 11.8 Å². The fourth-order valence-corrected chi connectivity index (χ4v) is 3.77. The Labute approximate surface area is 171 Å². The molecular weight excluding hydrogens is 362 g/mol. The van der Waals surface area contributed by atoms with Crippen LogP contribution in [0.2, 0.25) is 0 Å². The molecule has 5 heteroatoms. The van der Waals surface area contributed by atoms with Crippen LogP contribution in [0.4, 0.5) is 0 Å². The van der Waals surface area contributed by atoms with Gasteiger partial charge in [-0.05, 0) is 73.7 Å². The number of piperidine rings is 1. The lowest BCUT2D eigenvalue weighted by Crippen LogP contribution is -2.38. The molecule has 29 heavy (non-hydrogen) atoms. The fraction of sp³-hybridized carbons (Fsp3) is 0.333. The Hall–Kier alpha value is -3.08. The second-order valence-corrected chi connectivity index (χ2v) is 7.87. The molecule has 2 aromatic carbocycles. The number of ether oxygens (including phenoxy) is 1. The third kappa shape index (κ3) is 4.04. The molecule has 1 aliphatic rings. The molecule has 0 spiro atoms. The molecule has 0 radical (unpaired) electrons. The lowest BCUT2D eigenvalue weighted by atomic mass is 9.99. The molecule has 1 aliphatic heterocycles. The van der Waals surface area contributed by atoms with E-state index in [4.69, 9.17) is 9.84 Å². The minimum absolute atomic E-state index is 0.0469. The third-order valence-corrected chi connectivity index (χ3v) is 5.63. The van der Waals surface area contributed by atoms with Crippen LogP contribution < -0.4 is 4.74 Å². The normalized spacial score (nSPS) is 14.8. The van der Waals surface area contributed by atoms with Crippen LogP contribution in [0.15, 0.2) is 54.6 Å². The maximum atomic E-state index is 13.4. The Kier molecular flexibility index (Phi) is 5.38. The Bertz CT molecular complexity index is 999. The van der Waals surface area contributed by atoms with Crippen LogP contribution in [0.3, 0.4) is 0 Å². The monoisotopic (exact) mass is 389 g/mol. The molecule has 150 valence electrons. The van der Waals surface area contributed by atoms with Gasteiger partial charge in [0.1, 0.15) is 11.4 Å². The van der Waals surface area contributed by atoms with Gasteiger partial charge in [0.2, 0.25) is 0 Å². The molecule has 1 fully saturated rings. The maximum Gasteiger partial charge on any atom is 0.272 e. The molecule has 0 saturated carbocycles. The Morgan fingerprint density at radius 2 is 1.79 bits per heavy atom. The molecule has 0 N–H and O–H groups in total. The molecule has 0 aliphatic carbocycles. The lowest BCUT2D eigenvalue weighted by molar-refractivity contribution is 0.0688. The number of methoxy groups -OCH3 is 1. The average Bonchev–Trinajstić information content (AvgIpc) is 3.19. The fourth-order valence-electron chi connectivity index (χ4n) is 3.77. The molecule has 1 saturated heterocycles.